The summed E-state index contributed by atoms with van der Waals surface area (Å²) in [7, 11) is 2.39. The molecule has 3 heterocycles. The Balaban J connectivity index is 1.33. The quantitative estimate of drug-likeness (QED) is 0.279. The smallest absolute Gasteiger partial charge is 0.337 e. The summed E-state index contributed by atoms with van der Waals surface area (Å²) >= 11 is 0. The van der Waals surface area contributed by atoms with E-state index in [1.807, 2.05) is 10.6 Å². The summed E-state index contributed by atoms with van der Waals surface area (Å²) in [6, 6.07) is 19.4. The molecule has 12 heteroatoms. The third-order valence-corrected chi connectivity index (χ3v) is 8.47. The maximum Gasteiger partial charge on any atom is 0.337 e. The highest BCUT2D eigenvalue weighted by molar-refractivity contribution is 6.10. The molecule has 2 aliphatic heterocycles. The van der Waals surface area contributed by atoms with Crippen LogP contribution >= 0.6 is 0 Å². The van der Waals surface area contributed by atoms with Gasteiger partial charge in [-0.15, -0.1) is 0 Å². The number of nitrogens with one attached hydrogen (secondary N) is 2. The summed E-state index contributed by atoms with van der Waals surface area (Å²) in [5, 5.41) is 5.61. The van der Waals surface area contributed by atoms with Crippen LogP contribution < -0.4 is 21.1 Å². The first-order valence-corrected chi connectivity index (χ1v) is 14.9. The molecule has 1 fully saturated rings. The zero-order valence-electron chi connectivity index (χ0n) is 25.6. The van der Waals surface area contributed by atoms with E-state index in [0.717, 1.165) is 12.1 Å². The van der Waals surface area contributed by atoms with Crippen LogP contribution in [0.3, 0.4) is 0 Å². The minimum atomic E-state index is -0.708. The SMILES string of the molecule is COC(=O)c1cc(NC(=O)c2ccc(N3C[C@H]4C[C@@H](C3)c3cccc(=O)n3C4)c(NC(=O)c3ccc(F)cc3)c2)cc(C(=O)OC)c1. The van der Waals surface area contributed by atoms with E-state index >= 15 is 0 Å². The fourth-order valence-electron chi connectivity index (χ4n) is 6.32. The molecule has 0 saturated carbocycles. The number of aromatic nitrogens is 1. The van der Waals surface area contributed by atoms with Gasteiger partial charge >= 0.3 is 11.9 Å². The third-order valence-electron chi connectivity index (χ3n) is 8.47. The van der Waals surface area contributed by atoms with Crippen LogP contribution in [0, 0.1) is 11.7 Å². The van der Waals surface area contributed by atoms with Crippen LogP contribution in [0.2, 0.25) is 0 Å². The van der Waals surface area contributed by atoms with Gasteiger partial charge in [0.1, 0.15) is 5.82 Å². The highest BCUT2D eigenvalue weighted by atomic mass is 19.1. The normalized spacial score (nSPS) is 16.4. The number of halogens is 1. The van der Waals surface area contributed by atoms with Crippen molar-refractivity contribution in [1.29, 1.82) is 0 Å². The van der Waals surface area contributed by atoms with Crippen LogP contribution in [-0.2, 0) is 16.0 Å². The lowest BCUT2D eigenvalue weighted by atomic mass is 9.83. The Labute approximate surface area is 268 Å². The molecule has 2 amide bonds. The number of ether oxygens (including phenoxy) is 2. The summed E-state index contributed by atoms with van der Waals surface area (Å²) in [6.45, 7) is 1.79. The maximum absolute atomic E-state index is 13.6. The van der Waals surface area contributed by atoms with E-state index in [0.29, 0.717) is 31.0 Å². The van der Waals surface area contributed by atoms with Gasteiger partial charge in [0, 0.05) is 54.1 Å². The number of esters is 2. The van der Waals surface area contributed by atoms with Crippen LogP contribution in [-0.4, -0.2) is 55.6 Å². The predicted octanol–water partition coefficient (Wildman–Crippen LogP) is 4.69. The Morgan fingerprint density at radius 3 is 2.09 bits per heavy atom. The molecule has 2 bridgehead atoms. The van der Waals surface area contributed by atoms with Gasteiger partial charge in [-0.1, -0.05) is 6.07 Å². The van der Waals surface area contributed by atoms with Crippen LogP contribution in [0.25, 0.3) is 0 Å². The summed E-state index contributed by atoms with van der Waals surface area (Å²) < 4.78 is 25.0. The number of piperidine rings is 1. The first-order valence-electron chi connectivity index (χ1n) is 14.9. The number of amides is 2. The number of rotatable bonds is 7. The number of hydrogen-bond donors (Lipinski definition) is 2. The van der Waals surface area contributed by atoms with E-state index in [2.05, 4.69) is 15.5 Å². The Morgan fingerprint density at radius 1 is 0.745 bits per heavy atom. The number of hydrogen-bond acceptors (Lipinski definition) is 8. The molecule has 0 radical (unpaired) electrons. The fourth-order valence-corrected chi connectivity index (χ4v) is 6.32. The molecule has 0 unspecified atom stereocenters. The average molecular weight is 639 g/mol. The molecule has 1 saturated heterocycles. The van der Waals surface area contributed by atoms with Crippen LogP contribution in [0.5, 0.6) is 0 Å². The van der Waals surface area contributed by atoms with Gasteiger partial charge in [0.05, 0.1) is 36.7 Å². The lowest BCUT2D eigenvalue weighted by molar-refractivity contribution is 0.0598. The third kappa shape index (κ3) is 6.48. The van der Waals surface area contributed by atoms with Gasteiger partial charge in [-0.25, -0.2) is 14.0 Å². The Kier molecular flexibility index (Phi) is 8.57. The minimum absolute atomic E-state index is 0.0240. The molecule has 240 valence electrons. The van der Waals surface area contributed by atoms with Crippen molar-refractivity contribution in [2.75, 3.05) is 42.8 Å². The number of nitrogens with zero attached hydrogens (tertiary/aromatic N) is 2. The Hall–Kier alpha value is -5.78. The number of benzene rings is 3. The number of anilines is 3. The first kappa shape index (κ1) is 31.2. The first-order chi connectivity index (χ1) is 22.6. The molecule has 2 N–H and O–H groups in total. The summed E-state index contributed by atoms with van der Waals surface area (Å²) in [4.78, 5) is 66.0. The van der Waals surface area contributed by atoms with Crippen molar-refractivity contribution in [3.8, 4) is 0 Å². The molecule has 4 aromatic rings. The summed E-state index contributed by atoms with van der Waals surface area (Å²) in [5.74, 6) is -2.68. The van der Waals surface area contributed by atoms with E-state index in [-0.39, 0.29) is 45.3 Å². The second-order valence-electron chi connectivity index (χ2n) is 11.5. The van der Waals surface area contributed by atoms with Gasteiger partial charge in [0.2, 0.25) is 0 Å². The largest absolute Gasteiger partial charge is 0.465 e. The van der Waals surface area contributed by atoms with Gasteiger partial charge in [0.15, 0.2) is 0 Å². The number of carbonyl (C=O) groups is 4. The molecule has 2 aliphatic rings. The van der Waals surface area contributed by atoms with Crippen LogP contribution in [0.4, 0.5) is 21.5 Å². The van der Waals surface area contributed by atoms with Crippen molar-refractivity contribution in [2.24, 2.45) is 5.92 Å². The standard InChI is InChI=1S/C35H31FN4O7/c1-46-34(44)23-13-24(35(45)47-2)15-27(14-23)37-33(43)22-8-11-30(28(16-22)38-32(42)21-6-9-26(36)10-7-21)39-17-20-12-25(19-39)29-4-3-5-31(41)40(29)18-20/h3-11,13-16,20,25H,12,17-19H2,1-2H3,(H,37,43)(H,38,42)/t20-,25+/m1/s1. The van der Waals surface area contributed by atoms with Crippen molar-refractivity contribution < 1.29 is 33.0 Å². The van der Waals surface area contributed by atoms with Gasteiger partial charge in [-0.3, -0.25) is 14.4 Å². The fraction of sp³-hybridized carbons (Fsp3) is 0.229. The van der Waals surface area contributed by atoms with Crippen LogP contribution in [0.1, 0.15) is 59.5 Å². The van der Waals surface area contributed by atoms with Crippen LogP contribution in [0.15, 0.2) is 83.7 Å². The van der Waals surface area contributed by atoms with Crippen molar-refractivity contribution in [2.45, 2.75) is 18.9 Å². The number of fused-ring (bicyclic) bond motifs is 4. The van der Waals surface area contributed by atoms with E-state index in [1.54, 1.807) is 30.3 Å². The van der Waals surface area contributed by atoms with E-state index in [9.17, 15) is 28.4 Å². The number of pyridine rings is 1. The molecule has 6 rings (SSSR count). The lowest BCUT2D eigenvalue weighted by Gasteiger charge is -2.44. The topological polar surface area (TPSA) is 136 Å². The minimum Gasteiger partial charge on any atom is -0.465 e. The number of methoxy groups -OCH3 is 2. The van der Waals surface area contributed by atoms with Gasteiger partial charge in [-0.05, 0) is 79.1 Å². The van der Waals surface area contributed by atoms with E-state index in [1.165, 1.54) is 56.7 Å². The molecule has 3 aromatic carbocycles. The maximum atomic E-state index is 13.6. The Morgan fingerprint density at radius 2 is 1.40 bits per heavy atom. The second-order valence-corrected chi connectivity index (χ2v) is 11.5. The Bertz CT molecular complexity index is 1920. The zero-order chi connectivity index (χ0) is 33.2. The predicted molar refractivity (Wildman–Crippen MR) is 172 cm³/mol. The van der Waals surface area contributed by atoms with Crippen molar-refractivity contribution in [1.82, 2.24) is 4.57 Å². The molecule has 2 atom stereocenters. The average Bonchev–Trinajstić information content (AvgIpc) is 3.08. The molecule has 11 nitrogen and oxygen atoms in total. The van der Waals surface area contributed by atoms with Gasteiger partial charge < -0.3 is 29.6 Å². The van der Waals surface area contributed by atoms with Crippen molar-refractivity contribution >= 4 is 40.8 Å². The molecular weight excluding hydrogens is 607 g/mol. The lowest BCUT2D eigenvalue weighted by Crippen LogP contribution is -2.47. The molecule has 47 heavy (non-hydrogen) atoms. The molecule has 0 aliphatic carbocycles. The highest BCUT2D eigenvalue weighted by Crippen LogP contribution is 2.39. The monoisotopic (exact) mass is 638 g/mol. The molecular formula is C35H31FN4O7. The van der Waals surface area contributed by atoms with Crippen molar-refractivity contribution in [3.05, 3.63) is 123 Å². The van der Waals surface area contributed by atoms with E-state index < -0.39 is 29.6 Å². The van der Waals surface area contributed by atoms with Gasteiger partial charge in [0.25, 0.3) is 17.4 Å². The highest BCUT2D eigenvalue weighted by Gasteiger charge is 2.35. The molecule has 0 spiro atoms. The van der Waals surface area contributed by atoms with E-state index in [4.69, 9.17) is 9.47 Å². The number of carbonyl (C=O) groups excluding carboxylic acids is 4. The summed E-state index contributed by atoms with van der Waals surface area (Å²) in [6.07, 6.45) is 0.927. The summed E-state index contributed by atoms with van der Waals surface area (Å²) in [5.41, 5.74) is 2.61. The van der Waals surface area contributed by atoms with Crippen molar-refractivity contribution in [3.63, 3.8) is 0 Å². The zero-order valence-corrected chi connectivity index (χ0v) is 25.6. The molecule has 1 aromatic heterocycles. The van der Waals surface area contributed by atoms with Gasteiger partial charge in [-0.2, -0.15) is 0 Å². The second kappa shape index (κ2) is 12.9.